The van der Waals surface area contributed by atoms with Crippen molar-refractivity contribution in [3.63, 3.8) is 0 Å². The molecule has 0 aliphatic carbocycles. The third kappa shape index (κ3) is 2.14. The van der Waals surface area contributed by atoms with Crippen molar-refractivity contribution in [2.75, 3.05) is 6.61 Å². The van der Waals surface area contributed by atoms with Gasteiger partial charge in [0.2, 0.25) is 0 Å². The maximum Gasteiger partial charge on any atom is 0.272 e. The van der Waals surface area contributed by atoms with E-state index in [4.69, 9.17) is 5.11 Å². The maximum atomic E-state index is 11.9. The molecule has 0 fully saturated rings. The first kappa shape index (κ1) is 11.6. The molecular weight excluding hydrogens is 218 g/mol. The molecule has 0 spiro atoms. The van der Waals surface area contributed by atoms with Crippen LogP contribution in [0.3, 0.4) is 0 Å². The topological polar surface area (TPSA) is 67.2 Å². The molecule has 5 nitrogen and oxygen atoms in total. The van der Waals surface area contributed by atoms with Crippen molar-refractivity contribution in [3.8, 4) is 0 Å². The summed E-state index contributed by atoms with van der Waals surface area (Å²) in [5.41, 5.74) is 1.30. The lowest BCUT2D eigenvalue weighted by Gasteiger charge is -2.08. The van der Waals surface area contributed by atoms with E-state index in [0.717, 1.165) is 10.9 Å². The number of carbonyl (C=O) groups is 1. The summed E-state index contributed by atoms with van der Waals surface area (Å²) in [5, 5.41) is 16.6. The summed E-state index contributed by atoms with van der Waals surface area (Å²) in [6.07, 6.45) is 0. The Morgan fingerprint density at radius 3 is 2.94 bits per heavy atom. The fourth-order valence-corrected chi connectivity index (χ4v) is 1.72. The van der Waals surface area contributed by atoms with Gasteiger partial charge in [-0.3, -0.25) is 9.48 Å². The Morgan fingerprint density at radius 1 is 1.53 bits per heavy atom. The van der Waals surface area contributed by atoms with E-state index in [9.17, 15) is 4.79 Å². The van der Waals surface area contributed by atoms with Gasteiger partial charge in [-0.25, -0.2) is 0 Å². The number of benzene rings is 1. The lowest BCUT2D eigenvalue weighted by atomic mass is 10.2. The molecule has 1 amide bonds. The van der Waals surface area contributed by atoms with Gasteiger partial charge in [0.15, 0.2) is 5.69 Å². The van der Waals surface area contributed by atoms with E-state index in [0.29, 0.717) is 5.69 Å². The van der Waals surface area contributed by atoms with Gasteiger partial charge < -0.3 is 10.4 Å². The van der Waals surface area contributed by atoms with Crippen LogP contribution in [-0.2, 0) is 7.05 Å². The Bertz CT molecular complexity index is 548. The molecule has 2 rings (SSSR count). The van der Waals surface area contributed by atoms with E-state index < -0.39 is 0 Å². The third-order valence-corrected chi connectivity index (χ3v) is 2.62. The van der Waals surface area contributed by atoms with Gasteiger partial charge in [0.25, 0.3) is 5.91 Å². The molecule has 1 aromatic carbocycles. The predicted molar refractivity (Wildman–Crippen MR) is 64.7 cm³/mol. The number of hydrogen-bond acceptors (Lipinski definition) is 3. The quantitative estimate of drug-likeness (QED) is 0.819. The highest BCUT2D eigenvalue weighted by Crippen LogP contribution is 2.17. The van der Waals surface area contributed by atoms with E-state index >= 15 is 0 Å². The van der Waals surface area contributed by atoms with Crippen LogP contribution in [0.2, 0.25) is 0 Å². The predicted octanol–water partition coefficient (Wildman–Crippen LogP) is 0.684. The second-order valence-corrected chi connectivity index (χ2v) is 4.05. The number of nitrogens with one attached hydrogen (secondary N) is 1. The maximum absolute atomic E-state index is 11.9. The van der Waals surface area contributed by atoms with E-state index in [1.165, 1.54) is 0 Å². The minimum atomic E-state index is -0.275. The van der Waals surface area contributed by atoms with E-state index in [1.54, 1.807) is 18.7 Å². The molecule has 0 unspecified atom stereocenters. The highest BCUT2D eigenvalue weighted by molar-refractivity contribution is 6.04. The Balaban J connectivity index is 2.39. The fraction of sp³-hybridized carbons (Fsp3) is 0.333. The molecule has 1 heterocycles. The van der Waals surface area contributed by atoms with Crippen molar-refractivity contribution < 1.29 is 9.90 Å². The molecule has 0 radical (unpaired) electrons. The normalized spacial score (nSPS) is 12.6. The van der Waals surface area contributed by atoms with E-state index in [2.05, 4.69) is 10.4 Å². The fourth-order valence-electron chi connectivity index (χ4n) is 1.72. The van der Waals surface area contributed by atoms with Crippen LogP contribution in [0.15, 0.2) is 24.3 Å². The summed E-state index contributed by atoms with van der Waals surface area (Å²) in [7, 11) is 1.80. The highest BCUT2D eigenvalue weighted by Gasteiger charge is 2.16. The van der Waals surface area contributed by atoms with E-state index in [-0.39, 0.29) is 18.6 Å². The first-order valence-electron chi connectivity index (χ1n) is 5.47. The van der Waals surface area contributed by atoms with Crippen LogP contribution in [-0.4, -0.2) is 33.4 Å². The molecule has 90 valence electrons. The number of carbonyl (C=O) groups excluding carboxylic acids is 1. The van der Waals surface area contributed by atoms with Gasteiger partial charge in [0.05, 0.1) is 12.1 Å². The summed E-state index contributed by atoms with van der Waals surface area (Å²) < 4.78 is 1.67. The Kier molecular flexibility index (Phi) is 3.10. The summed E-state index contributed by atoms with van der Waals surface area (Å²) >= 11 is 0. The minimum absolute atomic E-state index is 0.0868. The molecule has 0 aliphatic heterocycles. The highest BCUT2D eigenvalue weighted by atomic mass is 16.3. The number of aryl methyl sites for hydroxylation is 1. The van der Waals surface area contributed by atoms with Crippen molar-refractivity contribution >= 4 is 16.8 Å². The zero-order valence-corrected chi connectivity index (χ0v) is 9.84. The average Bonchev–Trinajstić information content (AvgIpc) is 2.67. The Hall–Kier alpha value is -1.88. The van der Waals surface area contributed by atoms with Gasteiger partial charge in [-0.05, 0) is 13.0 Å². The van der Waals surface area contributed by atoms with Crippen molar-refractivity contribution in [1.82, 2.24) is 15.1 Å². The molecular formula is C12H15N3O2. The zero-order chi connectivity index (χ0) is 12.4. The van der Waals surface area contributed by atoms with Crippen molar-refractivity contribution in [2.24, 2.45) is 7.05 Å². The van der Waals surface area contributed by atoms with Crippen molar-refractivity contribution in [2.45, 2.75) is 13.0 Å². The van der Waals surface area contributed by atoms with Crippen molar-refractivity contribution in [1.29, 1.82) is 0 Å². The molecule has 0 saturated carbocycles. The first-order chi connectivity index (χ1) is 8.13. The molecule has 2 N–H and O–H groups in total. The molecule has 17 heavy (non-hydrogen) atoms. The lowest BCUT2D eigenvalue weighted by Crippen LogP contribution is -2.35. The summed E-state index contributed by atoms with van der Waals surface area (Å²) in [6, 6.07) is 7.27. The van der Waals surface area contributed by atoms with Crippen LogP contribution in [0.25, 0.3) is 10.9 Å². The van der Waals surface area contributed by atoms with Crippen LogP contribution >= 0.6 is 0 Å². The van der Waals surface area contributed by atoms with Crippen LogP contribution in [0.5, 0.6) is 0 Å². The van der Waals surface area contributed by atoms with Crippen molar-refractivity contribution in [3.05, 3.63) is 30.0 Å². The largest absolute Gasteiger partial charge is 0.394 e. The molecule has 1 aromatic heterocycles. The van der Waals surface area contributed by atoms with Gasteiger partial charge in [-0.2, -0.15) is 5.10 Å². The van der Waals surface area contributed by atoms with Gasteiger partial charge >= 0.3 is 0 Å². The first-order valence-corrected chi connectivity index (χ1v) is 5.47. The van der Waals surface area contributed by atoms with Crippen LogP contribution in [0.4, 0.5) is 0 Å². The van der Waals surface area contributed by atoms with Gasteiger partial charge in [0, 0.05) is 18.5 Å². The van der Waals surface area contributed by atoms with Crippen LogP contribution < -0.4 is 5.32 Å². The van der Waals surface area contributed by atoms with Crippen LogP contribution in [0.1, 0.15) is 17.4 Å². The lowest BCUT2D eigenvalue weighted by molar-refractivity contribution is 0.0918. The monoisotopic (exact) mass is 233 g/mol. The number of nitrogens with zero attached hydrogens (tertiary/aromatic N) is 2. The minimum Gasteiger partial charge on any atom is -0.394 e. The SMILES string of the molecule is C[C@@H](CO)NC(=O)c1nn(C)c2ccccc12. The van der Waals surface area contributed by atoms with E-state index in [1.807, 2.05) is 24.3 Å². The van der Waals surface area contributed by atoms with Gasteiger partial charge in [0.1, 0.15) is 0 Å². The number of hydrogen-bond donors (Lipinski definition) is 2. The number of amides is 1. The summed E-state index contributed by atoms with van der Waals surface area (Å²) in [6.45, 7) is 1.65. The number of para-hydroxylation sites is 1. The number of aliphatic hydroxyl groups excluding tert-OH is 1. The number of fused-ring (bicyclic) bond motifs is 1. The second kappa shape index (κ2) is 4.55. The average molecular weight is 233 g/mol. The second-order valence-electron chi connectivity index (χ2n) is 4.05. The number of aromatic nitrogens is 2. The van der Waals surface area contributed by atoms with Gasteiger partial charge in [-0.1, -0.05) is 18.2 Å². The molecule has 5 heteroatoms. The molecule has 0 bridgehead atoms. The summed E-state index contributed by atoms with van der Waals surface area (Å²) in [5.74, 6) is -0.261. The molecule has 0 aliphatic rings. The Morgan fingerprint density at radius 2 is 2.24 bits per heavy atom. The standard InChI is InChI=1S/C12H15N3O2/c1-8(7-16)13-12(17)11-9-5-3-4-6-10(9)15(2)14-11/h3-6,8,16H,7H2,1-2H3,(H,13,17)/t8-/m0/s1. The smallest absolute Gasteiger partial charge is 0.272 e. The number of aliphatic hydroxyl groups is 1. The molecule has 2 aromatic rings. The van der Waals surface area contributed by atoms with Gasteiger partial charge in [-0.15, -0.1) is 0 Å². The number of rotatable bonds is 3. The molecule has 1 atom stereocenters. The third-order valence-electron chi connectivity index (χ3n) is 2.62. The molecule has 0 saturated heterocycles. The van der Waals surface area contributed by atoms with Crippen LogP contribution in [0, 0.1) is 0 Å². The Labute approximate surface area is 99.1 Å². The zero-order valence-electron chi connectivity index (χ0n) is 9.84. The summed E-state index contributed by atoms with van der Waals surface area (Å²) in [4.78, 5) is 11.9.